The van der Waals surface area contributed by atoms with Crippen LogP contribution in [0, 0.1) is 8.99 Å². The third kappa shape index (κ3) is 3.75. The third-order valence-electron chi connectivity index (χ3n) is 2.32. The largest absolute Gasteiger partial charge is 0.396 e. The van der Waals surface area contributed by atoms with Crippen molar-refractivity contribution >= 4 is 28.4 Å². The summed E-state index contributed by atoms with van der Waals surface area (Å²) in [6, 6.07) is 0. The lowest BCUT2D eigenvalue weighted by Crippen LogP contribution is -2.26. The summed E-state index contributed by atoms with van der Waals surface area (Å²) < 4.78 is 0.555. The fourth-order valence-electron chi connectivity index (χ4n) is 1.22. The summed E-state index contributed by atoms with van der Waals surface area (Å²) in [4.78, 5) is 17.9. The van der Waals surface area contributed by atoms with Crippen LogP contribution in [0.1, 0.15) is 20.3 Å². The normalized spacial score (nSPS) is 11.5. The Labute approximate surface area is 108 Å². The monoisotopic (exact) mass is 337 g/mol. The number of halogens is 1. The SMILES string of the molecule is CC(C)(CCO)CNc1nc[nH]c(=O)c1I. The first-order chi connectivity index (χ1) is 7.46. The highest BCUT2D eigenvalue weighted by molar-refractivity contribution is 14.1. The van der Waals surface area contributed by atoms with Crippen molar-refractivity contribution in [2.24, 2.45) is 5.41 Å². The highest BCUT2D eigenvalue weighted by atomic mass is 127. The summed E-state index contributed by atoms with van der Waals surface area (Å²) in [5.41, 5.74) is -0.166. The minimum Gasteiger partial charge on any atom is -0.396 e. The Morgan fingerprint density at radius 1 is 1.62 bits per heavy atom. The van der Waals surface area contributed by atoms with E-state index in [9.17, 15) is 4.79 Å². The first-order valence-electron chi connectivity index (χ1n) is 5.04. The maximum Gasteiger partial charge on any atom is 0.266 e. The van der Waals surface area contributed by atoms with Crippen molar-refractivity contribution in [3.05, 3.63) is 20.3 Å². The van der Waals surface area contributed by atoms with Gasteiger partial charge in [-0.1, -0.05) is 13.8 Å². The van der Waals surface area contributed by atoms with Crippen molar-refractivity contribution in [3.8, 4) is 0 Å². The average Bonchev–Trinajstić information content (AvgIpc) is 2.20. The van der Waals surface area contributed by atoms with Crippen molar-refractivity contribution < 1.29 is 5.11 Å². The van der Waals surface area contributed by atoms with E-state index in [1.165, 1.54) is 6.33 Å². The van der Waals surface area contributed by atoms with Crippen molar-refractivity contribution in [2.75, 3.05) is 18.5 Å². The lowest BCUT2D eigenvalue weighted by molar-refractivity contribution is 0.220. The summed E-state index contributed by atoms with van der Waals surface area (Å²) in [7, 11) is 0. The molecule has 0 aliphatic heterocycles. The lowest BCUT2D eigenvalue weighted by atomic mass is 9.90. The quantitative estimate of drug-likeness (QED) is 0.706. The van der Waals surface area contributed by atoms with Crippen LogP contribution in [-0.4, -0.2) is 28.2 Å². The molecule has 0 fully saturated rings. The molecule has 3 N–H and O–H groups in total. The van der Waals surface area contributed by atoms with Gasteiger partial charge in [0.15, 0.2) is 0 Å². The Balaban J connectivity index is 2.68. The highest BCUT2D eigenvalue weighted by Crippen LogP contribution is 2.20. The molecular weight excluding hydrogens is 321 g/mol. The van der Waals surface area contributed by atoms with Crippen LogP contribution in [0.5, 0.6) is 0 Å². The zero-order valence-electron chi connectivity index (χ0n) is 9.38. The van der Waals surface area contributed by atoms with Crippen LogP contribution in [0.2, 0.25) is 0 Å². The molecule has 0 atom stereocenters. The predicted molar refractivity (Wildman–Crippen MR) is 71.5 cm³/mol. The van der Waals surface area contributed by atoms with Gasteiger partial charge in [-0.25, -0.2) is 4.98 Å². The molecular formula is C10H16IN3O2. The molecule has 0 aliphatic rings. The number of H-pyrrole nitrogens is 1. The standard InChI is InChI=1S/C10H16IN3O2/c1-10(2,3-4-15)5-12-8-7(11)9(16)14-6-13-8/h6,15H,3-5H2,1-2H3,(H2,12,13,14,16). The Morgan fingerprint density at radius 2 is 2.31 bits per heavy atom. The molecule has 5 nitrogen and oxygen atoms in total. The lowest BCUT2D eigenvalue weighted by Gasteiger charge is -2.24. The maximum absolute atomic E-state index is 11.3. The third-order valence-corrected chi connectivity index (χ3v) is 3.32. The van der Waals surface area contributed by atoms with Gasteiger partial charge in [-0.2, -0.15) is 0 Å². The second kappa shape index (κ2) is 5.62. The number of nitrogens with one attached hydrogen (secondary N) is 2. The van der Waals surface area contributed by atoms with E-state index < -0.39 is 0 Å². The van der Waals surface area contributed by atoms with Crippen LogP contribution in [0.3, 0.4) is 0 Å². The Bertz CT molecular complexity index is 403. The van der Waals surface area contributed by atoms with Crippen molar-refractivity contribution in [2.45, 2.75) is 20.3 Å². The van der Waals surface area contributed by atoms with Gasteiger partial charge < -0.3 is 15.4 Å². The molecule has 0 spiro atoms. The Hall–Kier alpha value is -0.630. The van der Waals surface area contributed by atoms with Crippen LogP contribution in [-0.2, 0) is 0 Å². The predicted octanol–water partition coefficient (Wildman–Crippen LogP) is 1.20. The Morgan fingerprint density at radius 3 is 2.94 bits per heavy atom. The van der Waals surface area contributed by atoms with E-state index in [4.69, 9.17) is 5.11 Å². The van der Waals surface area contributed by atoms with Crippen molar-refractivity contribution in [3.63, 3.8) is 0 Å². The molecule has 0 aromatic carbocycles. The van der Waals surface area contributed by atoms with E-state index in [-0.39, 0.29) is 17.6 Å². The summed E-state index contributed by atoms with van der Waals surface area (Å²) in [5, 5.41) is 12.0. The second-order valence-electron chi connectivity index (χ2n) is 4.39. The summed E-state index contributed by atoms with van der Waals surface area (Å²) in [6.45, 7) is 4.93. The van der Waals surface area contributed by atoms with Crippen LogP contribution >= 0.6 is 22.6 Å². The number of rotatable bonds is 5. The Kier molecular flexibility index (Phi) is 4.72. The van der Waals surface area contributed by atoms with Gasteiger partial charge in [0.05, 0.1) is 6.33 Å². The van der Waals surface area contributed by atoms with E-state index in [1.54, 1.807) is 0 Å². The molecule has 1 aromatic heterocycles. The minimum absolute atomic E-state index is 0.0257. The van der Waals surface area contributed by atoms with Gasteiger partial charge in [0.1, 0.15) is 9.39 Å². The van der Waals surface area contributed by atoms with E-state index in [0.29, 0.717) is 22.4 Å². The van der Waals surface area contributed by atoms with Crippen LogP contribution in [0.25, 0.3) is 0 Å². The first-order valence-corrected chi connectivity index (χ1v) is 6.12. The average molecular weight is 337 g/mol. The summed E-state index contributed by atoms with van der Waals surface area (Å²) in [6.07, 6.45) is 2.09. The molecule has 0 unspecified atom stereocenters. The molecule has 0 amide bonds. The van der Waals surface area contributed by atoms with E-state index in [2.05, 4.69) is 29.1 Å². The van der Waals surface area contributed by atoms with Crippen molar-refractivity contribution in [1.29, 1.82) is 0 Å². The van der Waals surface area contributed by atoms with Gasteiger partial charge in [-0.3, -0.25) is 4.79 Å². The van der Waals surface area contributed by atoms with Gasteiger partial charge in [-0.15, -0.1) is 0 Å². The number of aliphatic hydroxyl groups is 1. The fraction of sp³-hybridized carbons (Fsp3) is 0.600. The fourth-order valence-corrected chi connectivity index (χ4v) is 1.71. The second-order valence-corrected chi connectivity index (χ2v) is 5.46. The van der Waals surface area contributed by atoms with E-state index in [0.717, 1.165) is 0 Å². The zero-order chi connectivity index (χ0) is 12.2. The number of hydrogen-bond donors (Lipinski definition) is 3. The molecule has 1 rings (SSSR count). The highest BCUT2D eigenvalue weighted by Gasteiger charge is 2.17. The van der Waals surface area contributed by atoms with Crippen LogP contribution in [0.15, 0.2) is 11.1 Å². The number of hydrogen-bond acceptors (Lipinski definition) is 4. The number of aromatic amines is 1. The molecule has 16 heavy (non-hydrogen) atoms. The molecule has 6 heteroatoms. The van der Waals surface area contributed by atoms with E-state index in [1.807, 2.05) is 22.6 Å². The van der Waals surface area contributed by atoms with Crippen molar-refractivity contribution in [1.82, 2.24) is 9.97 Å². The molecule has 0 radical (unpaired) electrons. The van der Waals surface area contributed by atoms with Gasteiger partial charge in [0, 0.05) is 13.2 Å². The van der Waals surface area contributed by atoms with E-state index >= 15 is 0 Å². The first kappa shape index (κ1) is 13.4. The molecule has 0 aliphatic carbocycles. The minimum atomic E-state index is -0.141. The number of nitrogens with zero attached hydrogens (tertiary/aromatic N) is 1. The molecule has 0 saturated carbocycles. The number of aliphatic hydroxyl groups excluding tert-OH is 1. The number of aromatic nitrogens is 2. The zero-order valence-corrected chi connectivity index (χ0v) is 11.5. The maximum atomic E-state index is 11.3. The summed E-state index contributed by atoms with van der Waals surface area (Å²) >= 11 is 1.96. The smallest absolute Gasteiger partial charge is 0.266 e. The van der Waals surface area contributed by atoms with Gasteiger partial charge >= 0.3 is 0 Å². The molecule has 1 aromatic rings. The molecule has 1 heterocycles. The topological polar surface area (TPSA) is 78.0 Å². The number of anilines is 1. The van der Waals surface area contributed by atoms with Gasteiger partial charge in [-0.05, 0) is 34.4 Å². The van der Waals surface area contributed by atoms with Crippen LogP contribution in [0.4, 0.5) is 5.82 Å². The molecule has 0 saturated heterocycles. The van der Waals surface area contributed by atoms with Crippen LogP contribution < -0.4 is 10.9 Å². The van der Waals surface area contributed by atoms with Gasteiger partial charge in [0.25, 0.3) is 5.56 Å². The summed E-state index contributed by atoms with van der Waals surface area (Å²) in [5.74, 6) is 0.593. The molecule has 90 valence electrons. The molecule has 0 bridgehead atoms. The van der Waals surface area contributed by atoms with Gasteiger partial charge in [0.2, 0.25) is 0 Å².